The standard InChI is InChI=1S/C12H14N2OS/c13-12(16)9-3-1-2-4-10(9)14-11(15)7-8-5-6-8/h1-4,8H,5-7H2,(H2,13,16)(H,14,15). The summed E-state index contributed by atoms with van der Waals surface area (Å²) in [4.78, 5) is 12.0. The summed E-state index contributed by atoms with van der Waals surface area (Å²) < 4.78 is 0. The Balaban J connectivity index is 2.07. The summed E-state index contributed by atoms with van der Waals surface area (Å²) in [6, 6.07) is 7.34. The molecule has 2 rings (SSSR count). The third-order valence-electron chi connectivity index (χ3n) is 2.64. The van der Waals surface area contributed by atoms with Gasteiger partial charge in [-0.2, -0.15) is 0 Å². The average Bonchev–Trinajstić information content (AvgIpc) is 3.02. The minimum Gasteiger partial charge on any atom is -0.389 e. The van der Waals surface area contributed by atoms with Crippen LogP contribution in [0.25, 0.3) is 0 Å². The fourth-order valence-electron chi connectivity index (χ4n) is 1.59. The number of nitrogens with two attached hydrogens (primary N) is 1. The van der Waals surface area contributed by atoms with Gasteiger partial charge >= 0.3 is 0 Å². The second-order valence-electron chi connectivity index (χ2n) is 4.11. The van der Waals surface area contributed by atoms with Crippen LogP contribution < -0.4 is 11.1 Å². The summed E-state index contributed by atoms with van der Waals surface area (Å²) >= 11 is 4.93. The van der Waals surface area contributed by atoms with Crippen molar-refractivity contribution in [1.29, 1.82) is 0 Å². The van der Waals surface area contributed by atoms with E-state index in [1.165, 1.54) is 12.8 Å². The van der Waals surface area contributed by atoms with Gasteiger partial charge in [-0.1, -0.05) is 24.4 Å². The Morgan fingerprint density at radius 3 is 2.75 bits per heavy atom. The molecule has 1 aromatic carbocycles. The zero-order chi connectivity index (χ0) is 11.5. The van der Waals surface area contributed by atoms with Crippen LogP contribution in [-0.4, -0.2) is 10.9 Å². The molecule has 0 radical (unpaired) electrons. The molecule has 0 saturated heterocycles. The molecule has 1 amide bonds. The minimum atomic E-state index is 0.0474. The number of rotatable bonds is 4. The predicted octanol–water partition coefficient (Wildman–Crippen LogP) is 2.06. The minimum absolute atomic E-state index is 0.0474. The van der Waals surface area contributed by atoms with Crippen LogP contribution in [0.4, 0.5) is 5.69 Å². The quantitative estimate of drug-likeness (QED) is 0.784. The van der Waals surface area contributed by atoms with Crippen LogP contribution in [0.3, 0.4) is 0 Å². The van der Waals surface area contributed by atoms with Crippen LogP contribution in [0.2, 0.25) is 0 Å². The normalized spacial score (nSPS) is 14.5. The molecule has 3 nitrogen and oxygen atoms in total. The van der Waals surface area contributed by atoms with E-state index < -0.39 is 0 Å². The number of benzene rings is 1. The first-order chi connectivity index (χ1) is 7.66. The second-order valence-corrected chi connectivity index (χ2v) is 4.55. The van der Waals surface area contributed by atoms with Gasteiger partial charge in [0.25, 0.3) is 0 Å². The van der Waals surface area contributed by atoms with E-state index in [1.54, 1.807) is 0 Å². The first-order valence-electron chi connectivity index (χ1n) is 5.35. The smallest absolute Gasteiger partial charge is 0.224 e. The average molecular weight is 234 g/mol. The first kappa shape index (κ1) is 11.1. The highest BCUT2D eigenvalue weighted by molar-refractivity contribution is 7.80. The van der Waals surface area contributed by atoms with Gasteiger partial charge in [-0.3, -0.25) is 4.79 Å². The van der Waals surface area contributed by atoms with Gasteiger partial charge in [-0.15, -0.1) is 0 Å². The Labute approximate surface area is 100 Å². The second kappa shape index (κ2) is 4.61. The summed E-state index contributed by atoms with van der Waals surface area (Å²) in [6.07, 6.45) is 2.94. The number of amides is 1. The monoisotopic (exact) mass is 234 g/mol. The highest BCUT2D eigenvalue weighted by atomic mass is 32.1. The number of carbonyl (C=O) groups excluding carboxylic acids is 1. The Morgan fingerprint density at radius 2 is 2.12 bits per heavy atom. The lowest BCUT2D eigenvalue weighted by Crippen LogP contribution is -2.17. The van der Waals surface area contributed by atoms with E-state index in [9.17, 15) is 4.79 Å². The van der Waals surface area contributed by atoms with Gasteiger partial charge in [0.1, 0.15) is 4.99 Å². The molecule has 4 heteroatoms. The maximum Gasteiger partial charge on any atom is 0.224 e. The lowest BCUT2D eigenvalue weighted by atomic mass is 10.1. The molecule has 0 spiro atoms. The molecule has 0 atom stereocenters. The molecule has 0 unspecified atom stereocenters. The van der Waals surface area contributed by atoms with E-state index in [2.05, 4.69) is 5.32 Å². The fourth-order valence-corrected chi connectivity index (χ4v) is 1.77. The Hall–Kier alpha value is -1.42. The lowest BCUT2D eigenvalue weighted by molar-refractivity contribution is -0.116. The number of anilines is 1. The largest absolute Gasteiger partial charge is 0.389 e. The SMILES string of the molecule is NC(=S)c1ccccc1NC(=O)CC1CC1. The maximum absolute atomic E-state index is 11.6. The van der Waals surface area contributed by atoms with Gasteiger partial charge in [0.15, 0.2) is 0 Å². The molecule has 0 aliphatic heterocycles. The molecule has 16 heavy (non-hydrogen) atoms. The number of carbonyl (C=O) groups is 1. The van der Waals surface area contributed by atoms with Gasteiger partial charge in [-0.25, -0.2) is 0 Å². The molecule has 1 aliphatic rings. The van der Waals surface area contributed by atoms with E-state index in [-0.39, 0.29) is 5.91 Å². The zero-order valence-corrected chi connectivity index (χ0v) is 9.72. The zero-order valence-electron chi connectivity index (χ0n) is 8.90. The highest BCUT2D eigenvalue weighted by Crippen LogP contribution is 2.32. The predicted molar refractivity (Wildman–Crippen MR) is 68.3 cm³/mol. The molecule has 1 saturated carbocycles. The molecular weight excluding hydrogens is 220 g/mol. The maximum atomic E-state index is 11.6. The lowest BCUT2D eigenvalue weighted by Gasteiger charge is -2.09. The molecule has 0 heterocycles. The van der Waals surface area contributed by atoms with Crippen molar-refractivity contribution >= 4 is 28.8 Å². The van der Waals surface area contributed by atoms with E-state index in [0.29, 0.717) is 23.0 Å². The van der Waals surface area contributed by atoms with Crippen LogP contribution in [0.1, 0.15) is 24.8 Å². The third kappa shape index (κ3) is 2.79. The summed E-state index contributed by atoms with van der Waals surface area (Å²) in [5.41, 5.74) is 7.02. The molecule has 0 aromatic heterocycles. The van der Waals surface area contributed by atoms with Crippen LogP contribution in [0.5, 0.6) is 0 Å². The molecule has 1 aliphatic carbocycles. The van der Waals surface area contributed by atoms with Crippen LogP contribution in [-0.2, 0) is 4.79 Å². The van der Waals surface area contributed by atoms with Gasteiger partial charge in [0.05, 0.1) is 5.69 Å². The fraction of sp³-hybridized carbons (Fsp3) is 0.333. The van der Waals surface area contributed by atoms with Crippen molar-refractivity contribution in [2.45, 2.75) is 19.3 Å². The van der Waals surface area contributed by atoms with Crippen molar-refractivity contribution in [3.8, 4) is 0 Å². The van der Waals surface area contributed by atoms with Crippen molar-refractivity contribution in [3.63, 3.8) is 0 Å². The van der Waals surface area contributed by atoms with Gasteiger partial charge in [0, 0.05) is 12.0 Å². The van der Waals surface area contributed by atoms with Crippen LogP contribution in [0.15, 0.2) is 24.3 Å². The molecule has 0 bridgehead atoms. The van der Waals surface area contributed by atoms with E-state index in [4.69, 9.17) is 18.0 Å². The number of nitrogens with one attached hydrogen (secondary N) is 1. The van der Waals surface area contributed by atoms with Crippen LogP contribution in [0, 0.1) is 5.92 Å². The van der Waals surface area contributed by atoms with E-state index >= 15 is 0 Å². The Morgan fingerprint density at radius 1 is 1.44 bits per heavy atom. The van der Waals surface area contributed by atoms with Crippen molar-refractivity contribution in [1.82, 2.24) is 0 Å². The van der Waals surface area contributed by atoms with Crippen molar-refractivity contribution in [3.05, 3.63) is 29.8 Å². The molecule has 3 N–H and O–H groups in total. The Bertz CT molecular complexity index is 427. The number of para-hydroxylation sites is 1. The summed E-state index contributed by atoms with van der Waals surface area (Å²) in [5, 5.41) is 2.86. The van der Waals surface area contributed by atoms with Crippen molar-refractivity contribution < 1.29 is 4.79 Å². The summed E-state index contributed by atoms with van der Waals surface area (Å²) in [6.45, 7) is 0. The van der Waals surface area contributed by atoms with Crippen molar-refractivity contribution in [2.24, 2.45) is 11.7 Å². The number of thiocarbonyl (C=S) groups is 1. The van der Waals surface area contributed by atoms with Gasteiger partial charge in [0.2, 0.25) is 5.91 Å². The van der Waals surface area contributed by atoms with E-state index in [1.807, 2.05) is 24.3 Å². The molecular formula is C12H14N2OS. The van der Waals surface area contributed by atoms with Crippen molar-refractivity contribution in [2.75, 3.05) is 5.32 Å². The van der Waals surface area contributed by atoms with Gasteiger partial charge in [-0.05, 0) is 30.9 Å². The summed E-state index contributed by atoms with van der Waals surface area (Å²) in [5.74, 6) is 0.628. The summed E-state index contributed by atoms with van der Waals surface area (Å²) in [7, 11) is 0. The van der Waals surface area contributed by atoms with E-state index in [0.717, 1.165) is 5.56 Å². The third-order valence-corrected chi connectivity index (χ3v) is 2.86. The molecule has 1 fully saturated rings. The highest BCUT2D eigenvalue weighted by Gasteiger charge is 2.24. The first-order valence-corrected chi connectivity index (χ1v) is 5.76. The number of hydrogen-bond acceptors (Lipinski definition) is 2. The van der Waals surface area contributed by atoms with Crippen LogP contribution >= 0.6 is 12.2 Å². The number of hydrogen-bond donors (Lipinski definition) is 2. The molecule has 84 valence electrons. The Kier molecular flexibility index (Phi) is 3.19. The molecule has 1 aromatic rings. The van der Waals surface area contributed by atoms with Gasteiger partial charge < -0.3 is 11.1 Å². The topological polar surface area (TPSA) is 55.1 Å².